The summed E-state index contributed by atoms with van der Waals surface area (Å²) in [7, 11) is 0. The minimum Gasteiger partial charge on any atom is -0.309 e. The van der Waals surface area contributed by atoms with Gasteiger partial charge in [0.1, 0.15) is 0 Å². The first-order valence-corrected chi connectivity index (χ1v) is 16.2. The Morgan fingerprint density at radius 2 is 1.00 bits per heavy atom. The molecule has 0 radical (unpaired) electrons. The molecule has 0 aliphatic carbocycles. The van der Waals surface area contributed by atoms with Crippen LogP contribution in [0.4, 0.5) is 17.1 Å². The summed E-state index contributed by atoms with van der Waals surface area (Å²) in [6, 6.07) is 57.7. The van der Waals surface area contributed by atoms with E-state index in [0.717, 1.165) is 33.8 Å². The van der Waals surface area contributed by atoms with Crippen molar-refractivity contribution >= 4 is 38.5 Å². The molecule has 9 rings (SSSR count). The molecule has 8 aromatic rings. The van der Waals surface area contributed by atoms with Crippen LogP contribution < -0.4 is 4.90 Å². The highest BCUT2D eigenvalue weighted by Gasteiger charge is 2.28. The Labute approximate surface area is 271 Å². The molecule has 46 heavy (non-hydrogen) atoms. The molecule has 0 saturated carbocycles. The Bertz CT molecular complexity index is 2300. The van der Waals surface area contributed by atoms with E-state index in [1.807, 2.05) is 47.7 Å². The SMILES string of the molecule is c1ccc(-c2cc(-c3ccccc3)nc(-c3ccc(N4c5ccccc5-c5sc6ccccc6c5-c5ccccc54)cc3)n2)cc1. The van der Waals surface area contributed by atoms with Gasteiger partial charge in [0.15, 0.2) is 5.82 Å². The van der Waals surface area contributed by atoms with Crippen LogP contribution in [0.3, 0.4) is 0 Å². The first-order chi connectivity index (χ1) is 22.8. The maximum absolute atomic E-state index is 5.05. The smallest absolute Gasteiger partial charge is 0.160 e. The lowest BCUT2D eigenvalue weighted by molar-refractivity contribution is 1.18. The van der Waals surface area contributed by atoms with Crippen LogP contribution in [-0.4, -0.2) is 9.97 Å². The number of para-hydroxylation sites is 2. The van der Waals surface area contributed by atoms with Crippen LogP contribution in [0.2, 0.25) is 0 Å². The lowest BCUT2D eigenvalue weighted by Gasteiger charge is -2.27. The molecule has 1 aliphatic heterocycles. The molecular formula is C42H27N3S. The number of hydrogen-bond donors (Lipinski definition) is 0. The van der Waals surface area contributed by atoms with E-state index in [-0.39, 0.29) is 0 Å². The van der Waals surface area contributed by atoms with Crippen molar-refractivity contribution in [3.05, 3.63) is 164 Å². The van der Waals surface area contributed by atoms with E-state index in [1.54, 1.807) is 0 Å². The highest BCUT2D eigenvalue weighted by Crippen LogP contribution is 2.55. The molecule has 0 N–H and O–H groups in total. The minimum atomic E-state index is 0.706. The van der Waals surface area contributed by atoms with Gasteiger partial charge in [-0.05, 0) is 48.5 Å². The third kappa shape index (κ3) is 4.42. The highest BCUT2D eigenvalue weighted by atomic mass is 32.1. The number of benzene rings is 6. The van der Waals surface area contributed by atoms with Gasteiger partial charge >= 0.3 is 0 Å². The van der Waals surface area contributed by atoms with E-state index in [4.69, 9.17) is 9.97 Å². The van der Waals surface area contributed by atoms with Gasteiger partial charge in [0.2, 0.25) is 0 Å². The zero-order chi connectivity index (χ0) is 30.5. The van der Waals surface area contributed by atoms with Gasteiger partial charge in [-0.25, -0.2) is 9.97 Å². The fourth-order valence-electron chi connectivity index (χ4n) is 6.50. The van der Waals surface area contributed by atoms with Gasteiger partial charge in [0, 0.05) is 54.0 Å². The van der Waals surface area contributed by atoms with Gasteiger partial charge in [-0.3, -0.25) is 0 Å². The standard InChI is InChI=1S/C42H27N3S/c1-3-13-28(14-4-1)35-27-36(29-15-5-2-6-16-29)44-42(43-35)30-23-25-31(26-24-30)45-37-20-10-7-17-32(37)40-34-19-9-12-22-39(34)46-41(40)33-18-8-11-21-38(33)45/h1-27H. The molecule has 0 atom stereocenters. The zero-order valence-electron chi connectivity index (χ0n) is 24.8. The first-order valence-electron chi connectivity index (χ1n) is 15.4. The van der Waals surface area contributed by atoms with E-state index in [2.05, 4.69) is 132 Å². The molecule has 216 valence electrons. The molecule has 3 nitrogen and oxygen atoms in total. The second-order valence-electron chi connectivity index (χ2n) is 11.4. The van der Waals surface area contributed by atoms with Crippen LogP contribution in [0.25, 0.3) is 65.6 Å². The number of nitrogens with zero attached hydrogens (tertiary/aromatic N) is 3. The Hall–Kier alpha value is -5.84. The number of anilines is 3. The number of aromatic nitrogens is 2. The maximum atomic E-state index is 5.05. The monoisotopic (exact) mass is 605 g/mol. The van der Waals surface area contributed by atoms with E-state index in [0.29, 0.717) is 5.82 Å². The lowest BCUT2D eigenvalue weighted by atomic mass is 9.99. The first kappa shape index (κ1) is 26.6. The lowest BCUT2D eigenvalue weighted by Crippen LogP contribution is -2.10. The van der Waals surface area contributed by atoms with Crippen LogP contribution in [0, 0.1) is 0 Å². The average Bonchev–Trinajstić information content (AvgIpc) is 3.47. The fourth-order valence-corrected chi connectivity index (χ4v) is 7.75. The van der Waals surface area contributed by atoms with Crippen molar-refractivity contribution in [3.8, 4) is 55.5 Å². The quantitative estimate of drug-likeness (QED) is 0.200. The third-order valence-corrected chi connectivity index (χ3v) is 9.85. The summed E-state index contributed by atoms with van der Waals surface area (Å²) in [6.45, 7) is 0. The van der Waals surface area contributed by atoms with E-state index in [1.165, 1.54) is 43.0 Å². The molecule has 0 spiro atoms. The highest BCUT2D eigenvalue weighted by molar-refractivity contribution is 7.23. The summed E-state index contributed by atoms with van der Waals surface area (Å²) >= 11 is 1.87. The number of fused-ring (bicyclic) bond motifs is 7. The summed E-state index contributed by atoms with van der Waals surface area (Å²) in [4.78, 5) is 13.8. The van der Waals surface area contributed by atoms with Crippen LogP contribution in [0.15, 0.2) is 164 Å². The number of hydrogen-bond acceptors (Lipinski definition) is 4. The number of rotatable bonds is 4. The largest absolute Gasteiger partial charge is 0.309 e. The Morgan fingerprint density at radius 3 is 1.67 bits per heavy atom. The summed E-state index contributed by atoms with van der Waals surface area (Å²) in [5.41, 5.74) is 12.1. The molecule has 6 aromatic carbocycles. The van der Waals surface area contributed by atoms with Gasteiger partial charge in [-0.2, -0.15) is 0 Å². The minimum absolute atomic E-state index is 0.706. The summed E-state index contributed by atoms with van der Waals surface area (Å²) < 4.78 is 1.31. The van der Waals surface area contributed by atoms with Crippen molar-refractivity contribution in [3.63, 3.8) is 0 Å². The Morgan fingerprint density at radius 1 is 0.457 bits per heavy atom. The van der Waals surface area contributed by atoms with Crippen LogP contribution in [0.1, 0.15) is 0 Å². The molecule has 4 heteroatoms. The Balaban J connectivity index is 1.19. The zero-order valence-corrected chi connectivity index (χ0v) is 25.7. The van der Waals surface area contributed by atoms with Gasteiger partial charge in [-0.1, -0.05) is 115 Å². The Kier molecular flexibility index (Phi) is 6.32. The van der Waals surface area contributed by atoms with Crippen LogP contribution in [-0.2, 0) is 0 Å². The molecule has 0 unspecified atom stereocenters. The average molecular weight is 606 g/mol. The molecule has 2 aromatic heterocycles. The third-order valence-electron chi connectivity index (χ3n) is 8.65. The summed E-state index contributed by atoms with van der Waals surface area (Å²) in [6.07, 6.45) is 0. The normalized spacial score (nSPS) is 11.9. The van der Waals surface area contributed by atoms with Crippen molar-refractivity contribution in [2.75, 3.05) is 4.90 Å². The molecule has 0 fully saturated rings. The summed E-state index contributed by atoms with van der Waals surface area (Å²) in [5, 5.41) is 1.30. The van der Waals surface area contributed by atoms with Gasteiger partial charge < -0.3 is 4.90 Å². The van der Waals surface area contributed by atoms with Crippen molar-refractivity contribution < 1.29 is 0 Å². The van der Waals surface area contributed by atoms with E-state index in [9.17, 15) is 0 Å². The predicted octanol–water partition coefficient (Wildman–Crippen LogP) is 11.8. The van der Waals surface area contributed by atoms with Crippen molar-refractivity contribution in [1.29, 1.82) is 0 Å². The fraction of sp³-hybridized carbons (Fsp3) is 0. The van der Waals surface area contributed by atoms with E-state index < -0.39 is 0 Å². The molecule has 1 aliphatic rings. The van der Waals surface area contributed by atoms with Gasteiger partial charge in [0.25, 0.3) is 0 Å². The van der Waals surface area contributed by atoms with Gasteiger partial charge in [-0.15, -0.1) is 11.3 Å². The summed E-state index contributed by atoms with van der Waals surface area (Å²) in [5.74, 6) is 0.706. The van der Waals surface area contributed by atoms with Crippen molar-refractivity contribution in [2.24, 2.45) is 0 Å². The topological polar surface area (TPSA) is 29.0 Å². The number of thiophene rings is 1. The second kappa shape index (κ2) is 11.0. The van der Waals surface area contributed by atoms with Crippen molar-refractivity contribution in [2.45, 2.75) is 0 Å². The van der Waals surface area contributed by atoms with Crippen LogP contribution in [0.5, 0.6) is 0 Å². The molecule has 0 amide bonds. The maximum Gasteiger partial charge on any atom is 0.160 e. The van der Waals surface area contributed by atoms with Crippen LogP contribution >= 0.6 is 11.3 Å². The van der Waals surface area contributed by atoms with Gasteiger partial charge in [0.05, 0.1) is 22.8 Å². The molecule has 0 saturated heterocycles. The second-order valence-corrected chi connectivity index (χ2v) is 12.5. The van der Waals surface area contributed by atoms with Crippen molar-refractivity contribution in [1.82, 2.24) is 9.97 Å². The molecule has 0 bridgehead atoms. The molecule has 3 heterocycles. The molecular weight excluding hydrogens is 579 g/mol. The van der Waals surface area contributed by atoms with E-state index >= 15 is 0 Å². The predicted molar refractivity (Wildman–Crippen MR) is 193 cm³/mol.